The first-order valence-electron chi connectivity index (χ1n) is 9.93. The highest BCUT2D eigenvalue weighted by Crippen LogP contribution is 2.45. The Kier molecular flexibility index (Phi) is 7.55. The van der Waals surface area contributed by atoms with E-state index in [0.717, 1.165) is 17.1 Å². The third kappa shape index (κ3) is 4.56. The largest absolute Gasteiger partial charge is 0.292 e. The second kappa shape index (κ2) is 10.3. The van der Waals surface area contributed by atoms with Crippen molar-refractivity contribution in [1.82, 2.24) is 10.0 Å². The van der Waals surface area contributed by atoms with Crippen molar-refractivity contribution in [2.75, 3.05) is 6.54 Å². The van der Waals surface area contributed by atoms with Crippen LogP contribution < -0.4 is 0 Å². The van der Waals surface area contributed by atoms with Gasteiger partial charge in [0.15, 0.2) is 5.78 Å². The third-order valence-corrected chi connectivity index (χ3v) is 10.0. The first-order valence-corrected chi connectivity index (χ1v) is 13.1. The lowest BCUT2D eigenvalue weighted by Gasteiger charge is -2.29. The number of carbonyl (C=O) groups excluding carboxylic acids is 4. The molecule has 0 bridgehead atoms. The summed E-state index contributed by atoms with van der Waals surface area (Å²) in [6, 6.07) is 12.7. The number of rotatable bonds is 6. The van der Waals surface area contributed by atoms with Crippen LogP contribution in [0.1, 0.15) is 41.4 Å². The number of hydrogen-bond donors (Lipinski definition) is 0. The molecule has 36 heavy (non-hydrogen) atoms. The molecule has 0 saturated carbocycles. The molecule has 0 atom stereocenters. The van der Waals surface area contributed by atoms with E-state index in [2.05, 4.69) is 63.7 Å². The van der Waals surface area contributed by atoms with Crippen molar-refractivity contribution in [3.63, 3.8) is 0 Å². The number of nitrogens with zero attached hydrogens (tertiary/aromatic N) is 3. The highest BCUT2D eigenvalue weighted by molar-refractivity contribution is 9.15. The maximum Gasteiger partial charge on any atom is 0.282 e. The molecule has 0 spiro atoms. The maximum absolute atomic E-state index is 13.5. The smallest absolute Gasteiger partial charge is 0.282 e. The number of hydrazine groups is 1. The van der Waals surface area contributed by atoms with E-state index < -0.39 is 35.0 Å². The molecule has 0 unspecified atom stereocenters. The highest BCUT2D eigenvalue weighted by atomic mass is 79.9. The summed E-state index contributed by atoms with van der Waals surface area (Å²) >= 11 is 13.3. The summed E-state index contributed by atoms with van der Waals surface area (Å²) in [4.78, 5) is 64.0. The molecule has 13 heteroatoms. The van der Waals surface area contributed by atoms with Crippen molar-refractivity contribution in [1.29, 1.82) is 0 Å². The Hall–Kier alpha value is -2.74. The molecule has 3 amide bonds. The molecule has 1 heterocycles. The number of non-ortho nitro benzene ring substituents is 1. The molecule has 1 aliphatic heterocycles. The molecule has 0 saturated heterocycles. The SMILES string of the molecule is O=C(CN(C(=O)c1ccc([N+](=O)[O-])cc1)N1C(=O)c2c(Br)c(Br)c(Br)c(Br)c2C1=O)c1ccccc1. The van der Waals surface area contributed by atoms with E-state index in [-0.39, 0.29) is 36.9 Å². The predicted molar refractivity (Wildman–Crippen MR) is 143 cm³/mol. The topological polar surface area (TPSA) is 118 Å². The molecular formula is C23H11Br4N3O6. The van der Waals surface area contributed by atoms with Crippen molar-refractivity contribution in [2.24, 2.45) is 0 Å². The monoisotopic (exact) mass is 741 g/mol. The minimum absolute atomic E-state index is 0.00407. The number of carbonyl (C=O) groups is 4. The summed E-state index contributed by atoms with van der Waals surface area (Å²) in [6.45, 7) is -0.636. The standard InChI is InChI=1S/C23H11Br4N3O6/c24-17-15-16(18(25)20(27)19(17)26)23(34)29(22(15)33)28(10-14(31)11-4-2-1-3-5-11)21(32)12-6-8-13(9-7-12)30(35)36/h1-9H,10H2. The molecule has 0 radical (unpaired) electrons. The molecule has 4 rings (SSSR count). The van der Waals surface area contributed by atoms with Crippen LogP contribution in [0.25, 0.3) is 0 Å². The fourth-order valence-electron chi connectivity index (χ4n) is 3.52. The zero-order chi connectivity index (χ0) is 26.3. The summed E-state index contributed by atoms with van der Waals surface area (Å²) in [7, 11) is 0. The summed E-state index contributed by atoms with van der Waals surface area (Å²) in [5.74, 6) is -3.05. The van der Waals surface area contributed by atoms with Gasteiger partial charge >= 0.3 is 0 Å². The quantitative estimate of drug-likeness (QED) is 0.0744. The van der Waals surface area contributed by atoms with Gasteiger partial charge in [0.25, 0.3) is 23.4 Å². The van der Waals surface area contributed by atoms with Gasteiger partial charge in [0, 0.05) is 41.2 Å². The van der Waals surface area contributed by atoms with Crippen molar-refractivity contribution >= 4 is 92.9 Å². The van der Waals surface area contributed by atoms with E-state index in [4.69, 9.17) is 0 Å². The number of Topliss-reactive ketones (excluding diaryl/α,β-unsaturated/α-hetero) is 1. The van der Waals surface area contributed by atoms with E-state index in [1.165, 1.54) is 12.1 Å². The van der Waals surface area contributed by atoms with E-state index >= 15 is 0 Å². The minimum atomic E-state index is -0.867. The third-order valence-electron chi connectivity index (χ3n) is 5.27. The number of hydrogen-bond acceptors (Lipinski definition) is 6. The van der Waals surface area contributed by atoms with Crippen LogP contribution in [-0.2, 0) is 0 Å². The maximum atomic E-state index is 13.5. The van der Waals surface area contributed by atoms with Crippen LogP contribution in [0.15, 0.2) is 72.5 Å². The van der Waals surface area contributed by atoms with Gasteiger partial charge in [-0.3, -0.25) is 29.3 Å². The van der Waals surface area contributed by atoms with Crippen molar-refractivity contribution in [2.45, 2.75) is 0 Å². The molecule has 9 nitrogen and oxygen atoms in total. The number of ketones is 1. The Bertz CT molecular complexity index is 1410. The molecular weight excluding hydrogens is 734 g/mol. The lowest BCUT2D eigenvalue weighted by molar-refractivity contribution is -0.384. The van der Waals surface area contributed by atoms with E-state index in [1.807, 2.05) is 0 Å². The minimum Gasteiger partial charge on any atom is -0.292 e. The van der Waals surface area contributed by atoms with Crippen molar-refractivity contribution in [3.05, 3.63) is 105 Å². The van der Waals surface area contributed by atoms with Gasteiger partial charge in [0.2, 0.25) is 0 Å². The number of nitro benzene ring substituents is 1. The van der Waals surface area contributed by atoms with E-state index in [9.17, 15) is 29.3 Å². The summed E-state index contributed by atoms with van der Waals surface area (Å²) in [5.41, 5.74) is -0.0463. The van der Waals surface area contributed by atoms with Gasteiger partial charge < -0.3 is 0 Å². The van der Waals surface area contributed by atoms with Crippen LogP contribution in [0.2, 0.25) is 0 Å². The zero-order valence-corrected chi connectivity index (χ0v) is 24.1. The van der Waals surface area contributed by atoms with Crippen LogP contribution in [0.5, 0.6) is 0 Å². The number of nitro groups is 1. The van der Waals surface area contributed by atoms with Crippen LogP contribution in [-0.4, -0.2) is 45.0 Å². The summed E-state index contributed by atoms with van der Waals surface area (Å²) in [6.07, 6.45) is 0. The van der Waals surface area contributed by atoms with Gasteiger partial charge in [-0.25, -0.2) is 5.01 Å². The number of imide groups is 1. The van der Waals surface area contributed by atoms with Gasteiger partial charge in [-0.05, 0) is 75.9 Å². The van der Waals surface area contributed by atoms with Crippen LogP contribution >= 0.6 is 63.7 Å². The molecule has 0 fully saturated rings. The lowest BCUT2D eigenvalue weighted by atomic mass is 10.1. The van der Waals surface area contributed by atoms with Gasteiger partial charge in [0.1, 0.15) is 6.54 Å². The van der Waals surface area contributed by atoms with Crippen LogP contribution in [0.3, 0.4) is 0 Å². The lowest BCUT2D eigenvalue weighted by Crippen LogP contribution is -2.51. The molecule has 0 N–H and O–H groups in total. The average molecular weight is 745 g/mol. The Morgan fingerprint density at radius 2 is 1.28 bits per heavy atom. The van der Waals surface area contributed by atoms with Gasteiger partial charge in [-0.15, -0.1) is 0 Å². The fourth-order valence-corrected chi connectivity index (χ4v) is 5.97. The molecule has 3 aromatic carbocycles. The molecule has 0 aromatic heterocycles. The van der Waals surface area contributed by atoms with Crippen LogP contribution in [0, 0.1) is 10.1 Å². The molecule has 0 aliphatic carbocycles. The van der Waals surface area contributed by atoms with Crippen molar-refractivity contribution < 1.29 is 24.1 Å². The van der Waals surface area contributed by atoms with Crippen molar-refractivity contribution in [3.8, 4) is 0 Å². The Labute approximate surface area is 237 Å². The second-order valence-electron chi connectivity index (χ2n) is 7.38. The molecule has 3 aromatic rings. The van der Waals surface area contributed by atoms with Gasteiger partial charge in [-0.1, -0.05) is 30.3 Å². The van der Waals surface area contributed by atoms with E-state index in [0.29, 0.717) is 14.0 Å². The predicted octanol–water partition coefficient (Wildman–Crippen LogP) is 6.18. The van der Waals surface area contributed by atoms with E-state index in [1.54, 1.807) is 30.3 Å². The second-order valence-corrected chi connectivity index (χ2v) is 10.6. The fraction of sp³-hybridized carbons (Fsp3) is 0.0435. The average Bonchev–Trinajstić information content (AvgIpc) is 3.14. The summed E-state index contributed by atoms with van der Waals surface area (Å²) in [5, 5.41) is 12.4. The normalized spacial score (nSPS) is 12.5. The molecule has 1 aliphatic rings. The number of halogens is 4. The number of amides is 3. The highest BCUT2D eigenvalue weighted by Gasteiger charge is 2.46. The Balaban J connectivity index is 1.81. The zero-order valence-electron chi connectivity index (χ0n) is 17.7. The Morgan fingerprint density at radius 3 is 1.75 bits per heavy atom. The number of benzene rings is 3. The van der Waals surface area contributed by atoms with Gasteiger partial charge in [0.05, 0.1) is 16.1 Å². The van der Waals surface area contributed by atoms with Gasteiger partial charge in [-0.2, -0.15) is 5.01 Å². The molecule has 182 valence electrons. The summed E-state index contributed by atoms with van der Waals surface area (Å²) < 4.78 is 1.49. The number of fused-ring (bicyclic) bond motifs is 1. The Morgan fingerprint density at radius 1 is 0.778 bits per heavy atom. The first-order chi connectivity index (χ1) is 17.0. The van der Waals surface area contributed by atoms with Crippen LogP contribution in [0.4, 0.5) is 5.69 Å². The first kappa shape index (κ1) is 26.3.